The number of nitrogens with zero attached hydrogens (tertiary/aromatic N) is 2. The largest absolute Gasteiger partial charge is 0.444 e. The van der Waals surface area contributed by atoms with E-state index in [9.17, 15) is 9.59 Å². The minimum atomic E-state index is -0.510. The minimum Gasteiger partial charge on any atom is -0.444 e. The summed E-state index contributed by atoms with van der Waals surface area (Å²) in [6.45, 7) is 7.68. The van der Waals surface area contributed by atoms with Gasteiger partial charge in [-0.1, -0.05) is 6.07 Å². The second kappa shape index (κ2) is 11.1. The molecule has 29 heavy (non-hydrogen) atoms. The van der Waals surface area contributed by atoms with E-state index in [4.69, 9.17) is 4.74 Å². The average Bonchev–Trinajstić information content (AvgIpc) is 3.07. The van der Waals surface area contributed by atoms with Crippen molar-refractivity contribution in [2.24, 2.45) is 0 Å². The van der Waals surface area contributed by atoms with E-state index in [-0.39, 0.29) is 5.91 Å². The molecule has 0 unspecified atom stereocenters. The first kappa shape index (κ1) is 23.1. The summed E-state index contributed by atoms with van der Waals surface area (Å²) in [5, 5.41) is 5.61. The number of carbonyl (C=O) groups is 2. The van der Waals surface area contributed by atoms with Crippen LogP contribution >= 0.6 is 0 Å². The number of ether oxygens (including phenoxy) is 1. The molecule has 2 heterocycles. The molecule has 0 aliphatic carbocycles. The summed E-state index contributed by atoms with van der Waals surface area (Å²) in [5.41, 5.74) is 2.01. The van der Waals surface area contributed by atoms with Crippen LogP contribution in [0.4, 0.5) is 4.79 Å². The first-order valence-corrected chi connectivity index (χ1v) is 10.6. The SMILES string of the molecule is CN1CCC[C@H]1c1cncc(CCCNC(=O)CCCNC(=O)OC(C)(C)C)c1. The molecule has 0 bridgehead atoms. The number of rotatable bonds is 9. The number of hydrogen-bond donors (Lipinski definition) is 2. The van der Waals surface area contributed by atoms with Gasteiger partial charge in [-0.2, -0.15) is 0 Å². The van der Waals surface area contributed by atoms with Crippen LogP contribution in [0.25, 0.3) is 0 Å². The van der Waals surface area contributed by atoms with E-state index >= 15 is 0 Å². The number of aryl methyl sites for hydroxylation is 1. The molecule has 7 heteroatoms. The highest BCUT2D eigenvalue weighted by Gasteiger charge is 2.22. The van der Waals surface area contributed by atoms with Gasteiger partial charge >= 0.3 is 6.09 Å². The van der Waals surface area contributed by atoms with Gasteiger partial charge in [0.2, 0.25) is 5.91 Å². The second-order valence-electron chi connectivity index (χ2n) is 8.75. The van der Waals surface area contributed by atoms with Gasteiger partial charge in [-0.3, -0.25) is 14.7 Å². The van der Waals surface area contributed by atoms with Crippen LogP contribution in [0, 0.1) is 0 Å². The highest BCUT2D eigenvalue weighted by molar-refractivity contribution is 5.75. The fraction of sp³-hybridized carbons (Fsp3) is 0.682. The molecule has 1 aromatic heterocycles. The highest BCUT2D eigenvalue weighted by atomic mass is 16.6. The van der Waals surface area contributed by atoms with Gasteiger partial charge in [0.1, 0.15) is 5.60 Å². The Morgan fingerprint density at radius 3 is 2.66 bits per heavy atom. The van der Waals surface area contributed by atoms with Gasteiger partial charge < -0.3 is 15.4 Å². The van der Waals surface area contributed by atoms with Crippen LogP contribution in [-0.4, -0.2) is 54.2 Å². The van der Waals surface area contributed by atoms with Crippen molar-refractivity contribution < 1.29 is 14.3 Å². The molecule has 2 amide bonds. The van der Waals surface area contributed by atoms with E-state index in [1.807, 2.05) is 33.2 Å². The fourth-order valence-corrected chi connectivity index (χ4v) is 3.52. The summed E-state index contributed by atoms with van der Waals surface area (Å²) in [5.74, 6) is 0.00967. The number of aromatic nitrogens is 1. The van der Waals surface area contributed by atoms with Crippen LogP contribution in [0.1, 0.15) is 70.0 Å². The fourth-order valence-electron chi connectivity index (χ4n) is 3.52. The Balaban J connectivity index is 1.58. The van der Waals surface area contributed by atoms with Gasteiger partial charge in [0, 0.05) is 37.9 Å². The van der Waals surface area contributed by atoms with Gasteiger partial charge in [-0.25, -0.2) is 4.79 Å². The van der Waals surface area contributed by atoms with E-state index in [0.717, 1.165) is 19.4 Å². The minimum absolute atomic E-state index is 0.00967. The van der Waals surface area contributed by atoms with E-state index in [1.165, 1.54) is 24.0 Å². The molecule has 1 aromatic rings. The Morgan fingerprint density at radius 2 is 1.97 bits per heavy atom. The third-order valence-electron chi connectivity index (χ3n) is 4.93. The zero-order valence-corrected chi connectivity index (χ0v) is 18.3. The van der Waals surface area contributed by atoms with Crippen molar-refractivity contribution in [3.8, 4) is 0 Å². The van der Waals surface area contributed by atoms with Crippen LogP contribution in [-0.2, 0) is 16.0 Å². The normalized spacial score (nSPS) is 17.2. The van der Waals surface area contributed by atoms with Gasteiger partial charge in [-0.15, -0.1) is 0 Å². The van der Waals surface area contributed by atoms with Crippen molar-refractivity contribution >= 4 is 12.0 Å². The van der Waals surface area contributed by atoms with Crippen molar-refractivity contribution in [3.63, 3.8) is 0 Å². The average molecular weight is 405 g/mol. The van der Waals surface area contributed by atoms with Gasteiger partial charge in [0.15, 0.2) is 0 Å². The van der Waals surface area contributed by atoms with Crippen molar-refractivity contribution in [1.82, 2.24) is 20.5 Å². The molecule has 1 saturated heterocycles. The molecule has 162 valence electrons. The maximum absolute atomic E-state index is 11.9. The number of carbonyl (C=O) groups excluding carboxylic acids is 2. The Hall–Kier alpha value is -2.15. The predicted octanol–water partition coefficient (Wildman–Crippen LogP) is 3.20. The molecule has 1 aliphatic rings. The first-order chi connectivity index (χ1) is 13.7. The number of alkyl carbamates (subject to hydrolysis) is 1. The number of nitrogens with one attached hydrogen (secondary N) is 2. The molecule has 1 aliphatic heterocycles. The molecule has 0 spiro atoms. The summed E-state index contributed by atoms with van der Waals surface area (Å²) in [4.78, 5) is 30.2. The van der Waals surface area contributed by atoms with Crippen LogP contribution < -0.4 is 10.6 Å². The van der Waals surface area contributed by atoms with Gasteiger partial charge in [0.05, 0.1) is 0 Å². The molecule has 7 nitrogen and oxygen atoms in total. The lowest BCUT2D eigenvalue weighted by Gasteiger charge is -2.20. The standard InChI is InChI=1S/C22H36N4O3/c1-22(2,3)29-21(28)25-12-6-10-20(27)24-11-5-8-17-14-18(16-23-15-17)19-9-7-13-26(19)4/h14-16,19H,5-13H2,1-4H3,(H,24,27)(H,25,28)/t19-/m0/s1. The van der Waals surface area contributed by atoms with Crippen molar-refractivity contribution in [2.45, 2.75) is 70.9 Å². The Labute approximate surface area is 174 Å². The third-order valence-corrected chi connectivity index (χ3v) is 4.93. The topological polar surface area (TPSA) is 83.6 Å². The lowest BCUT2D eigenvalue weighted by Crippen LogP contribution is -2.33. The first-order valence-electron chi connectivity index (χ1n) is 10.6. The molecule has 0 radical (unpaired) electrons. The molecular formula is C22H36N4O3. The van der Waals surface area contributed by atoms with E-state index in [0.29, 0.717) is 32.0 Å². The maximum Gasteiger partial charge on any atom is 0.407 e. The predicted molar refractivity (Wildman–Crippen MR) is 114 cm³/mol. The Kier molecular flexibility index (Phi) is 8.89. The highest BCUT2D eigenvalue weighted by Crippen LogP contribution is 2.30. The Bertz CT molecular complexity index is 672. The lowest BCUT2D eigenvalue weighted by molar-refractivity contribution is -0.121. The lowest BCUT2D eigenvalue weighted by atomic mass is 10.0. The number of amides is 2. The molecular weight excluding hydrogens is 368 g/mol. The maximum atomic E-state index is 11.9. The quantitative estimate of drug-likeness (QED) is 0.618. The van der Waals surface area contributed by atoms with E-state index in [1.54, 1.807) is 0 Å². The molecule has 2 rings (SSSR count). The molecule has 1 fully saturated rings. The molecule has 0 aromatic carbocycles. The summed E-state index contributed by atoms with van der Waals surface area (Å²) in [7, 11) is 2.17. The van der Waals surface area contributed by atoms with Crippen LogP contribution in [0.15, 0.2) is 18.5 Å². The van der Waals surface area contributed by atoms with E-state index < -0.39 is 11.7 Å². The van der Waals surface area contributed by atoms with Crippen molar-refractivity contribution in [2.75, 3.05) is 26.7 Å². The third kappa shape index (κ3) is 8.81. The summed E-state index contributed by atoms with van der Waals surface area (Å²) in [6, 6.07) is 2.74. The number of hydrogen-bond acceptors (Lipinski definition) is 5. The summed E-state index contributed by atoms with van der Waals surface area (Å²) in [6.07, 6.45) is 8.65. The summed E-state index contributed by atoms with van der Waals surface area (Å²) >= 11 is 0. The van der Waals surface area contributed by atoms with Crippen LogP contribution in [0.2, 0.25) is 0 Å². The Morgan fingerprint density at radius 1 is 1.21 bits per heavy atom. The zero-order chi connectivity index (χ0) is 21.3. The molecule has 0 saturated carbocycles. The van der Waals surface area contributed by atoms with Gasteiger partial charge in [-0.05, 0) is 77.6 Å². The van der Waals surface area contributed by atoms with Gasteiger partial charge in [0.25, 0.3) is 0 Å². The van der Waals surface area contributed by atoms with Crippen LogP contribution in [0.3, 0.4) is 0 Å². The summed E-state index contributed by atoms with van der Waals surface area (Å²) < 4.78 is 5.15. The molecule has 1 atom stereocenters. The van der Waals surface area contributed by atoms with E-state index in [2.05, 4.69) is 33.6 Å². The second-order valence-corrected chi connectivity index (χ2v) is 8.75. The zero-order valence-electron chi connectivity index (χ0n) is 18.3. The number of likely N-dealkylation sites (tertiary alicyclic amines) is 1. The molecule has 2 N–H and O–H groups in total. The monoisotopic (exact) mass is 404 g/mol. The van der Waals surface area contributed by atoms with Crippen molar-refractivity contribution in [1.29, 1.82) is 0 Å². The number of pyridine rings is 1. The smallest absolute Gasteiger partial charge is 0.407 e. The van der Waals surface area contributed by atoms with Crippen LogP contribution in [0.5, 0.6) is 0 Å². The van der Waals surface area contributed by atoms with Crippen molar-refractivity contribution in [3.05, 3.63) is 29.6 Å².